The molecule has 0 spiro atoms. The molecule has 0 aromatic heterocycles. The maximum absolute atomic E-state index is 8.76. The molecular weight excluding hydrogens is 154 g/mol. The average molecular weight is 173 g/mol. The van der Waals surface area contributed by atoms with Crippen molar-refractivity contribution >= 4 is 0 Å². The molecule has 0 bridgehead atoms. The van der Waals surface area contributed by atoms with Crippen molar-refractivity contribution in [2.45, 2.75) is 6.92 Å². The van der Waals surface area contributed by atoms with Gasteiger partial charge in [0.25, 0.3) is 0 Å². The zero-order valence-corrected chi connectivity index (χ0v) is 7.99. The van der Waals surface area contributed by atoms with Crippen molar-refractivity contribution < 1.29 is 9.84 Å². The Balaban J connectivity index is 2.29. The van der Waals surface area contributed by atoms with E-state index >= 15 is 0 Å². The minimum atomic E-state index is 0.270. The summed E-state index contributed by atoms with van der Waals surface area (Å²) in [6.45, 7) is 6.37. The van der Waals surface area contributed by atoms with Crippen LogP contribution in [0.2, 0.25) is 0 Å². The van der Waals surface area contributed by atoms with Gasteiger partial charge in [-0.3, -0.25) is 0 Å². The molecule has 0 unspecified atom stereocenters. The van der Waals surface area contributed by atoms with E-state index in [2.05, 4.69) is 11.8 Å². The summed E-state index contributed by atoms with van der Waals surface area (Å²) < 4.78 is 5.13. The van der Waals surface area contributed by atoms with Crippen molar-refractivity contribution in [3.63, 3.8) is 0 Å². The van der Waals surface area contributed by atoms with Gasteiger partial charge in [-0.1, -0.05) is 6.92 Å². The summed E-state index contributed by atoms with van der Waals surface area (Å²) in [5, 5.41) is 8.76. The second-order valence-corrected chi connectivity index (χ2v) is 3.68. The highest BCUT2D eigenvalue weighted by Crippen LogP contribution is 2.22. The molecular formula is C9H19NO2. The lowest BCUT2D eigenvalue weighted by Gasteiger charge is -2.13. The van der Waals surface area contributed by atoms with E-state index in [1.165, 1.54) is 0 Å². The third kappa shape index (κ3) is 2.44. The first-order valence-corrected chi connectivity index (χ1v) is 4.60. The summed E-state index contributed by atoms with van der Waals surface area (Å²) in [6, 6.07) is 0. The van der Waals surface area contributed by atoms with Crippen LogP contribution in [0.5, 0.6) is 0 Å². The van der Waals surface area contributed by atoms with Gasteiger partial charge in [0.2, 0.25) is 0 Å². The van der Waals surface area contributed by atoms with Crippen molar-refractivity contribution in [3.8, 4) is 0 Å². The average Bonchev–Trinajstić information content (AvgIpc) is 2.34. The van der Waals surface area contributed by atoms with Crippen molar-refractivity contribution in [3.05, 3.63) is 0 Å². The van der Waals surface area contributed by atoms with Crippen molar-refractivity contribution in [2.24, 2.45) is 11.8 Å². The van der Waals surface area contributed by atoms with Crippen molar-refractivity contribution in [1.29, 1.82) is 0 Å². The maximum atomic E-state index is 8.76. The first-order valence-electron chi connectivity index (χ1n) is 4.60. The molecule has 2 atom stereocenters. The number of hydrogen-bond acceptors (Lipinski definition) is 3. The fourth-order valence-corrected chi connectivity index (χ4v) is 1.90. The molecule has 1 N–H and O–H groups in total. The smallest absolute Gasteiger partial charge is 0.0558 e. The van der Waals surface area contributed by atoms with Gasteiger partial charge in [-0.2, -0.15) is 0 Å². The van der Waals surface area contributed by atoms with Crippen LogP contribution >= 0.6 is 0 Å². The summed E-state index contributed by atoms with van der Waals surface area (Å²) in [5.74, 6) is 1.36. The summed E-state index contributed by atoms with van der Waals surface area (Å²) in [5.41, 5.74) is 0. The van der Waals surface area contributed by atoms with Crippen molar-refractivity contribution in [2.75, 3.05) is 40.0 Å². The van der Waals surface area contributed by atoms with E-state index in [-0.39, 0.29) is 6.61 Å². The number of hydrogen-bond donors (Lipinski definition) is 1. The highest BCUT2D eigenvalue weighted by molar-refractivity contribution is 4.80. The van der Waals surface area contributed by atoms with E-state index in [4.69, 9.17) is 9.84 Å². The molecule has 1 aliphatic heterocycles. The van der Waals surface area contributed by atoms with E-state index in [1.807, 2.05) is 0 Å². The summed E-state index contributed by atoms with van der Waals surface area (Å²) in [7, 11) is 1.75. The zero-order chi connectivity index (χ0) is 8.97. The lowest BCUT2D eigenvalue weighted by molar-refractivity contribution is 0.138. The molecule has 12 heavy (non-hydrogen) atoms. The van der Waals surface area contributed by atoms with Crippen LogP contribution in [-0.4, -0.2) is 50.0 Å². The first-order chi connectivity index (χ1) is 5.77. The summed E-state index contributed by atoms with van der Waals surface area (Å²) in [4.78, 5) is 2.30. The molecule has 1 fully saturated rings. The Morgan fingerprint density at radius 1 is 1.50 bits per heavy atom. The molecule has 1 aliphatic rings. The van der Waals surface area contributed by atoms with Gasteiger partial charge < -0.3 is 14.7 Å². The predicted octanol–water partition coefficient (Wildman–Crippen LogP) is 0.193. The molecule has 0 aliphatic carbocycles. The number of rotatable bonds is 4. The second kappa shape index (κ2) is 4.80. The normalized spacial score (nSPS) is 31.2. The van der Waals surface area contributed by atoms with Crippen LogP contribution in [0.4, 0.5) is 0 Å². The van der Waals surface area contributed by atoms with Crippen LogP contribution in [0.15, 0.2) is 0 Å². The molecule has 1 saturated heterocycles. The fourth-order valence-electron chi connectivity index (χ4n) is 1.90. The van der Waals surface area contributed by atoms with E-state index in [0.717, 1.165) is 26.2 Å². The zero-order valence-electron chi connectivity index (χ0n) is 7.99. The molecule has 1 heterocycles. The predicted molar refractivity (Wildman–Crippen MR) is 48.1 cm³/mol. The van der Waals surface area contributed by atoms with Gasteiger partial charge >= 0.3 is 0 Å². The van der Waals surface area contributed by atoms with Gasteiger partial charge in [0, 0.05) is 26.7 Å². The fraction of sp³-hybridized carbons (Fsp3) is 1.00. The van der Waals surface area contributed by atoms with E-state index < -0.39 is 0 Å². The van der Waals surface area contributed by atoms with Gasteiger partial charge in [-0.25, -0.2) is 0 Å². The van der Waals surface area contributed by atoms with Crippen LogP contribution in [-0.2, 0) is 4.74 Å². The summed E-state index contributed by atoms with van der Waals surface area (Å²) in [6.07, 6.45) is 0. The first kappa shape index (κ1) is 9.96. The lowest BCUT2D eigenvalue weighted by Crippen LogP contribution is -2.24. The Hall–Kier alpha value is -0.120. The van der Waals surface area contributed by atoms with Crippen molar-refractivity contribution in [1.82, 2.24) is 4.90 Å². The lowest BCUT2D eigenvalue weighted by atomic mass is 10.00. The molecule has 0 amide bonds. The molecule has 0 aromatic carbocycles. The molecule has 0 saturated carbocycles. The molecule has 3 nitrogen and oxygen atoms in total. The van der Waals surface area contributed by atoms with Crippen LogP contribution in [0, 0.1) is 11.8 Å². The summed E-state index contributed by atoms with van der Waals surface area (Å²) >= 11 is 0. The minimum Gasteiger partial charge on any atom is -0.395 e. The standard InChI is InChI=1S/C9H19NO2/c1-8-5-10(3-4-11)6-9(8)7-12-2/h8-9,11H,3-7H2,1-2H3/t8-,9+/m1/s1. The molecule has 72 valence electrons. The Morgan fingerprint density at radius 3 is 2.83 bits per heavy atom. The Kier molecular flexibility index (Phi) is 3.98. The van der Waals surface area contributed by atoms with Crippen LogP contribution in [0.25, 0.3) is 0 Å². The number of nitrogens with zero attached hydrogens (tertiary/aromatic N) is 1. The molecule has 0 radical (unpaired) electrons. The Labute approximate surface area is 74.3 Å². The number of ether oxygens (including phenoxy) is 1. The van der Waals surface area contributed by atoms with Gasteiger partial charge in [0.05, 0.1) is 13.2 Å². The van der Waals surface area contributed by atoms with E-state index in [0.29, 0.717) is 11.8 Å². The number of β-amino-alcohol motifs (C(OH)–C–C–N with tert-alkyl or cyclic N) is 1. The van der Waals surface area contributed by atoms with Gasteiger partial charge in [0.15, 0.2) is 0 Å². The minimum absolute atomic E-state index is 0.270. The number of methoxy groups -OCH3 is 1. The molecule has 1 rings (SSSR count). The monoisotopic (exact) mass is 173 g/mol. The van der Waals surface area contributed by atoms with Crippen LogP contribution in [0.1, 0.15) is 6.92 Å². The van der Waals surface area contributed by atoms with E-state index in [1.54, 1.807) is 7.11 Å². The third-order valence-corrected chi connectivity index (χ3v) is 2.64. The number of likely N-dealkylation sites (tertiary alicyclic amines) is 1. The molecule has 0 aromatic rings. The van der Waals surface area contributed by atoms with Crippen LogP contribution in [0.3, 0.4) is 0 Å². The highest BCUT2D eigenvalue weighted by Gasteiger charge is 2.28. The number of aliphatic hydroxyl groups excluding tert-OH is 1. The number of aliphatic hydroxyl groups is 1. The van der Waals surface area contributed by atoms with Gasteiger partial charge in [-0.05, 0) is 11.8 Å². The topological polar surface area (TPSA) is 32.7 Å². The largest absolute Gasteiger partial charge is 0.395 e. The Bertz CT molecular complexity index is 130. The van der Waals surface area contributed by atoms with Gasteiger partial charge in [0.1, 0.15) is 0 Å². The van der Waals surface area contributed by atoms with E-state index in [9.17, 15) is 0 Å². The second-order valence-electron chi connectivity index (χ2n) is 3.68. The third-order valence-electron chi connectivity index (χ3n) is 2.64. The van der Waals surface area contributed by atoms with Crippen LogP contribution < -0.4 is 0 Å². The quantitative estimate of drug-likeness (QED) is 0.659. The Morgan fingerprint density at radius 2 is 2.25 bits per heavy atom. The molecule has 3 heteroatoms. The SMILES string of the molecule is COC[C@@H]1CN(CCO)C[C@H]1C. The highest BCUT2D eigenvalue weighted by atomic mass is 16.5. The maximum Gasteiger partial charge on any atom is 0.0558 e. The van der Waals surface area contributed by atoms with Gasteiger partial charge in [-0.15, -0.1) is 0 Å².